The lowest BCUT2D eigenvalue weighted by molar-refractivity contribution is -0.160. The first kappa shape index (κ1) is 38.1. The second-order valence-corrected chi connectivity index (χ2v) is 16.3. The largest absolute Gasteiger partial charge is 0.468 e. The molecule has 0 aliphatic carbocycles. The van der Waals surface area contributed by atoms with Crippen molar-refractivity contribution in [3.8, 4) is 0 Å². The van der Waals surface area contributed by atoms with Crippen LogP contribution < -0.4 is 21.2 Å². The number of benzene rings is 5. The highest BCUT2D eigenvalue weighted by Crippen LogP contribution is 2.57. The van der Waals surface area contributed by atoms with Gasteiger partial charge in [-0.05, 0) is 48.2 Å². The molecule has 10 heteroatoms. The van der Waals surface area contributed by atoms with Crippen LogP contribution in [0.3, 0.4) is 0 Å². The van der Waals surface area contributed by atoms with Crippen molar-refractivity contribution in [1.29, 1.82) is 0 Å². The molecule has 5 rings (SSSR count). The van der Waals surface area contributed by atoms with E-state index < -0.39 is 62.9 Å². The molecule has 2 unspecified atom stereocenters. The Kier molecular flexibility index (Phi) is 13.4. The standard InChI is InChI=1S/C42H40O8P2/c1-47-39(43)35(40(44)48-2)37(51(31-20-9-5-10-21-31)32-22-11-6-12-23-32)29-18-17-19-30(28-29)38(36(41(45)49-3)42(46)50-4)52(33-24-13-7-14-25-33)34-26-15-8-16-27-34/h5-28,35-38H,1-4H3. The predicted octanol–water partition coefficient (Wildman–Crippen LogP) is 5.96. The molecule has 0 amide bonds. The SMILES string of the molecule is COC(=O)C(C(=O)OC)C(c1cccc(C(C(C(=O)OC)C(=O)OC)P(c2ccccc2)c2ccccc2)c1)P(c1ccccc1)c1ccccc1. The summed E-state index contributed by atoms with van der Waals surface area (Å²) in [6.07, 6.45) is 0. The van der Waals surface area contributed by atoms with Crippen LogP contribution in [0, 0.1) is 11.8 Å². The highest BCUT2D eigenvalue weighted by molar-refractivity contribution is 7.73. The van der Waals surface area contributed by atoms with Crippen molar-refractivity contribution in [3.63, 3.8) is 0 Å². The third-order valence-electron chi connectivity index (χ3n) is 8.74. The highest BCUT2D eigenvalue weighted by atomic mass is 31.1. The molecule has 0 aliphatic rings. The summed E-state index contributed by atoms with van der Waals surface area (Å²) in [5, 5.41) is 3.69. The van der Waals surface area contributed by atoms with E-state index in [4.69, 9.17) is 18.9 Å². The molecule has 0 saturated heterocycles. The minimum Gasteiger partial charge on any atom is -0.468 e. The van der Waals surface area contributed by atoms with Gasteiger partial charge in [-0.25, -0.2) is 0 Å². The van der Waals surface area contributed by atoms with Gasteiger partial charge in [0.2, 0.25) is 0 Å². The molecule has 52 heavy (non-hydrogen) atoms. The van der Waals surface area contributed by atoms with Crippen molar-refractivity contribution < 1.29 is 38.1 Å². The zero-order valence-corrected chi connectivity index (χ0v) is 31.1. The van der Waals surface area contributed by atoms with Crippen molar-refractivity contribution in [2.24, 2.45) is 11.8 Å². The van der Waals surface area contributed by atoms with Gasteiger partial charge in [0.15, 0.2) is 11.8 Å². The molecule has 0 saturated carbocycles. The van der Waals surface area contributed by atoms with Crippen LogP contribution in [0.4, 0.5) is 0 Å². The number of esters is 4. The van der Waals surface area contributed by atoms with E-state index in [1.54, 1.807) is 0 Å². The molecular weight excluding hydrogens is 694 g/mol. The van der Waals surface area contributed by atoms with Gasteiger partial charge in [0.25, 0.3) is 0 Å². The number of ether oxygens (including phenoxy) is 4. The Bertz CT molecular complexity index is 1690. The Balaban J connectivity index is 1.84. The van der Waals surface area contributed by atoms with Crippen molar-refractivity contribution >= 4 is 60.9 Å². The maximum Gasteiger partial charge on any atom is 0.321 e. The van der Waals surface area contributed by atoms with Crippen LogP contribution in [0.1, 0.15) is 22.4 Å². The number of rotatable bonds is 14. The van der Waals surface area contributed by atoms with Crippen LogP contribution in [0.5, 0.6) is 0 Å². The van der Waals surface area contributed by atoms with Crippen LogP contribution in [-0.4, -0.2) is 52.3 Å². The molecule has 2 atom stereocenters. The molecule has 0 heterocycles. The van der Waals surface area contributed by atoms with Crippen LogP contribution in [0.15, 0.2) is 146 Å². The number of hydrogen-bond acceptors (Lipinski definition) is 8. The summed E-state index contributed by atoms with van der Waals surface area (Å²) in [5.41, 5.74) is -0.303. The van der Waals surface area contributed by atoms with E-state index in [0.717, 1.165) is 21.2 Å². The summed E-state index contributed by atoms with van der Waals surface area (Å²) in [7, 11) is 2.06. The van der Waals surface area contributed by atoms with Crippen molar-refractivity contribution in [1.82, 2.24) is 0 Å². The fraction of sp³-hybridized carbons (Fsp3) is 0.190. The maximum absolute atomic E-state index is 13.7. The van der Waals surface area contributed by atoms with Crippen molar-refractivity contribution in [2.45, 2.75) is 11.3 Å². The van der Waals surface area contributed by atoms with E-state index >= 15 is 0 Å². The van der Waals surface area contributed by atoms with E-state index in [9.17, 15) is 19.2 Å². The molecule has 0 bridgehead atoms. The quantitative estimate of drug-likeness (QED) is 0.0596. The summed E-state index contributed by atoms with van der Waals surface area (Å²) >= 11 is 0. The van der Waals surface area contributed by atoms with Gasteiger partial charge in [-0.2, -0.15) is 0 Å². The third-order valence-corrected chi connectivity index (χ3v) is 14.5. The Morgan fingerprint density at radius 3 is 0.865 bits per heavy atom. The van der Waals surface area contributed by atoms with Gasteiger partial charge in [0.1, 0.15) is 0 Å². The number of carbonyl (C=O) groups is 4. The molecule has 5 aromatic carbocycles. The van der Waals surface area contributed by atoms with E-state index in [0.29, 0.717) is 11.1 Å². The van der Waals surface area contributed by atoms with E-state index in [-0.39, 0.29) is 0 Å². The van der Waals surface area contributed by atoms with Gasteiger partial charge in [0, 0.05) is 11.3 Å². The fourth-order valence-corrected chi connectivity index (χ4v) is 12.3. The van der Waals surface area contributed by atoms with Gasteiger partial charge in [0.05, 0.1) is 28.4 Å². The first-order valence-electron chi connectivity index (χ1n) is 16.5. The molecule has 0 fully saturated rings. The first-order chi connectivity index (χ1) is 25.3. The second kappa shape index (κ2) is 18.4. The Morgan fingerprint density at radius 2 is 0.635 bits per heavy atom. The molecule has 0 N–H and O–H groups in total. The lowest BCUT2D eigenvalue weighted by atomic mass is 9.93. The molecule has 0 radical (unpaired) electrons. The van der Waals surface area contributed by atoms with Crippen LogP contribution in [-0.2, 0) is 38.1 Å². The average Bonchev–Trinajstić information content (AvgIpc) is 3.21. The second-order valence-electron chi connectivity index (χ2n) is 11.7. The molecule has 8 nitrogen and oxygen atoms in total. The third kappa shape index (κ3) is 8.48. The van der Waals surface area contributed by atoms with Crippen LogP contribution in [0.2, 0.25) is 0 Å². The predicted molar refractivity (Wildman–Crippen MR) is 205 cm³/mol. The Labute approximate surface area is 306 Å². The highest BCUT2D eigenvalue weighted by Gasteiger charge is 2.46. The molecule has 0 spiro atoms. The van der Waals surface area contributed by atoms with Crippen LogP contribution >= 0.6 is 15.8 Å². The number of hydrogen-bond donors (Lipinski definition) is 0. The summed E-state index contributed by atoms with van der Waals surface area (Å²) in [6.45, 7) is 0. The molecule has 266 valence electrons. The van der Waals surface area contributed by atoms with Crippen molar-refractivity contribution in [2.75, 3.05) is 28.4 Å². The fourth-order valence-electron chi connectivity index (χ4n) is 6.42. The van der Waals surface area contributed by atoms with Gasteiger partial charge in [-0.3, -0.25) is 19.2 Å². The normalized spacial score (nSPS) is 12.3. The summed E-state index contributed by atoms with van der Waals surface area (Å²) < 4.78 is 21.1. The molecule has 0 aromatic heterocycles. The first-order valence-corrected chi connectivity index (χ1v) is 19.4. The zero-order chi connectivity index (χ0) is 37.0. The van der Waals surface area contributed by atoms with Crippen molar-refractivity contribution in [3.05, 3.63) is 157 Å². The Morgan fingerprint density at radius 1 is 0.385 bits per heavy atom. The number of carbonyl (C=O) groups excluding carboxylic acids is 4. The van der Waals surface area contributed by atoms with E-state index in [2.05, 4.69) is 0 Å². The number of methoxy groups -OCH3 is 4. The molecule has 5 aromatic rings. The smallest absolute Gasteiger partial charge is 0.321 e. The topological polar surface area (TPSA) is 105 Å². The monoisotopic (exact) mass is 734 g/mol. The lowest BCUT2D eigenvalue weighted by Gasteiger charge is -2.35. The van der Waals surface area contributed by atoms with Gasteiger partial charge < -0.3 is 18.9 Å². The minimum atomic E-state index is -1.47. The van der Waals surface area contributed by atoms with Gasteiger partial charge in [-0.15, -0.1) is 0 Å². The Hall–Kier alpha value is -5.16. The molecular formula is C42H40O8P2. The maximum atomic E-state index is 13.7. The zero-order valence-electron chi connectivity index (χ0n) is 29.3. The van der Waals surface area contributed by atoms with E-state index in [1.807, 2.05) is 146 Å². The summed E-state index contributed by atoms with van der Waals surface area (Å²) in [4.78, 5) is 54.9. The summed E-state index contributed by atoms with van der Waals surface area (Å²) in [5.74, 6) is -5.66. The van der Waals surface area contributed by atoms with Crippen LogP contribution in [0.25, 0.3) is 0 Å². The van der Waals surface area contributed by atoms with Gasteiger partial charge in [-0.1, -0.05) is 146 Å². The summed E-state index contributed by atoms with van der Waals surface area (Å²) in [6, 6.07) is 46.4. The lowest BCUT2D eigenvalue weighted by Crippen LogP contribution is -2.36. The van der Waals surface area contributed by atoms with E-state index in [1.165, 1.54) is 28.4 Å². The average molecular weight is 735 g/mol. The molecule has 0 aliphatic heterocycles. The van der Waals surface area contributed by atoms with Gasteiger partial charge >= 0.3 is 23.9 Å². The minimum absolute atomic E-state index is 0.631.